The Hall–Kier alpha value is -2.82. The summed E-state index contributed by atoms with van der Waals surface area (Å²) in [6, 6.07) is 16.5. The summed E-state index contributed by atoms with van der Waals surface area (Å²) in [7, 11) is 0. The van der Waals surface area contributed by atoms with Gasteiger partial charge in [-0.05, 0) is 53.4 Å². The SMILES string of the molecule is CC(C)(C)c1ccc(C2=N/C(=C/c3ccc(-c4cc(Cl)ccc4Cl)o3)C(=O)O2)cc1. The zero-order valence-electron chi connectivity index (χ0n) is 16.7. The zero-order chi connectivity index (χ0) is 21.5. The highest BCUT2D eigenvalue weighted by atomic mass is 35.5. The summed E-state index contributed by atoms with van der Waals surface area (Å²) < 4.78 is 11.2. The van der Waals surface area contributed by atoms with Crippen LogP contribution in [0.2, 0.25) is 10.0 Å². The largest absolute Gasteiger partial charge is 0.457 e. The Bertz CT molecular complexity index is 1180. The van der Waals surface area contributed by atoms with Crippen LogP contribution in [0.3, 0.4) is 0 Å². The summed E-state index contributed by atoms with van der Waals surface area (Å²) in [6.45, 7) is 6.43. The minimum Gasteiger partial charge on any atom is -0.457 e. The minimum absolute atomic E-state index is 0.0423. The van der Waals surface area contributed by atoms with Crippen molar-refractivity contribution in [2.24, 2.45) is 4.99 Å². The lowest BCUT2D eigenvalue weighted by atomic mass is 9.87. The molecule has 0 saturated carbocycles. The van der Waals surface area contributed by atoms with Crippen LogP contribution in [0.1, 0.15) is 37.7 Å². The number of benzene rings is 2. The number of hydrogen-bond donors (Lipinski definition) is 0. The first-order valence-corrected chi connectivity index (χ1v) is 10.1. The molecule has 4 rings (SSSR count). The standard InChI is InChI=1S/C24H19Cl2NO3/c1-24(2,3)15-6-4-14(5-7-15)22-27-20(23(28)30-22)13-17-9-11-21(29-17)18-12-16(25)8-10-19(18)26/h4-13H,1-3H3/b20-13+. The van der Waals surface area contributed by atoms with Gasteiger partial charge in [0, 0.05) is 22.2 Å². The van der Waals surface area contributed by atoms with E-state index < -0.39 is 5.97 Å². The van der Waals surface area contributed by atoms with Gasteiger partial charge in [-0.3, -0.25) is 0 Å². The molecular formula is C24H19Cl2NO3. The second kappa shape index (κ2) is 7.78. The van der Waals surface area contributed by atoms with E-state index in [9.17, 15) is 4.79 Å². The monoisotopic (exact) mass is 439 g/mol. The number of carbonyl (C=O) groups excluding carboxylic acids is 1. The van der Waals surface area contributed by atoms with Gasteiger partial charge in [0.1, 0.15) is 11.5 Å². The molecule has 0 aliphatic carbocycles. The average molecular weight is 440 g/mol. The normalized spacial score (nSPS) is 15.4. The van der Waals surface area contributed by atoms with Gasteiger partial charge in [-0.15, -0.1) is 0 Å². The van der Waals surface area contributed by atoms with Crippen molar-refractivity contribution < 1.29 is 13.9 Å². The van der Waals surface area contributed by atoms with E-state index in [0.717, 1.165) is 5.56 Å². The first-order chi connectivity index (χ1) is 14.2. The van der Waals surface area contributed by atoms with Crippen LogP contribution in [0.5, 0.6) is 0 Å². The molecule has 0 spiro atoms. The maximum atomic E-state index is 12.3. The molecule has 3 aromatic rings. The van der Waals surface area contributed by atoms with Gasteiger partial charge in [0.2, 0.25) is 5.90 Å². The summed E-state index contributed by atoms with van der Waals surface area (Å²) in [4.78, 5) is 16.6. The predicted molar refractivity (Wildman–Crippen MR) is 120 cm³/mol. The number of furan rings is 1. The van der Waals surface area contributed by atoms with Gasteiger partial charge >= 0.3 is 5.97 Å². The van der Waals surface area contributed by atoms with Crippen LogP contribution in [-0.4, -0.2) is 11.9 Å². The van der Waals surface area contributed by atoms with Crippen LogP contribution in [0.15, 0.2) is 69.7 Å². The quantitative estimate of drug-likeness (QED) is 0.329. The number of cyclic esters (lactones) is 1. The Morgan fingerprint density at radius 3 is 2.40 bits per heavy atom. The molecule has 30 heavy (non-hydrogen) atoms. The van der Waals surface area contributed by atoms with Crippen molar-refractivity contribution in [3.63, 3.8) is 0 Å². The topological polar surface area (TPSA) is 51.8 Å². The Labute approximate surface area is 184 Å². The average Bonchev–Trinajstić information content (AvgIpc) is 3.30. The van der Waals surface area contributed by atoms with Gasteiger partial charge < -0.3 is 9.15 Å². The van der Waals surface area contributed by atoms with Crippen molar-refractivity contribution in [2.45, 2.75) is 26.2 Å². The van der Waals surface area contributed by atoms with Crippen molar-refractivity contribution in [3.05, 3.63) is 87.2 Å². The highest BCUT2D eigenvalue weighted by molar-refractivity contribution is 6.35. The molecule has 0 N–H and O–H groups in total. The fraction of sp³-hybridized carbons (Fsp3) is 0.167. The van der Waals surface area contributed by atoms with E-state index in [4.69, 9.17) is 32.4 Å². The number of carbonyl (C=O) groups is 1. The zero-order valence-corrected chi connectivity index (χ0v) is 18.2. The lowest BCUT2D eigenvalue weighted by molar-refractivity contribution is -0.129. The number of ether oxygens (including phenoxy) is 1. The Kier molecular flexibility index (Phi) is 5.31. The summed E-state index contributed by atoms with van der Waals surface area (Å²) in [6.07, 6.45) is 1.54. The first kappa shape index (κ1) is 20.5. The van der Waals surface area contributed by atoms with E-state index in [1.807, 2.05) is 24.3 Å². The molecule has 0 atom stereocenters. The molecule has 1 aliphatic heterocycles. The summed E-state index contributed by atoms with van der Waals surface area (Å²) in [5.74, 6) is 0.753. The highest BCUT2D eigenvalue weighted by Gasteiger charge is 2.25. The second-order valence-corrected chi connectivity index (χ2v) is 8.83. The Morgan fingerprint density at radius 1 is 0.967 bits per heavy atom. The number of esters is 1. The van der Waals surface area contributed by atoms with Crippen molar-refractivity contribution in [1.29, 1.82) is 0 Å². The third-order valence-corrected chi connectivity index (χ3v) is 5.28. The van der Waals surface area contributed by atoms with Crippen molar-refractivity contribution in [2.75, 3.05) is 0 Å². The molecule has 0 radical (unpaired) electrons. The molecule has 0 saturated heterocycles. The van der Waals surface area contributed by atoms with E-state index in [2.05, 4.69) is 25.8 Å². The van der Waals surface area contributed by atoms with Gasteiger partial charge in [0.15, 0.2) is 5.70 Å². The molecule has 1 aromatic heterocycles. The molecule has 1 aliphatic rings. The van der Waals surface area contributed by atoms with Crippen LogP contribution in [0.25, 0.3) is 17.4 Å². The van der Waals surface area contributed by atoms with Crippen LogP contribution in [-0.2, 0) is 14.9 Å². The van der Waals surface area contributed by atoms with Crippen LogP contribution < -0.4 is 0 Å². The fourth-order valence-corrected chi connectivity index (χ4v) is 3.42. The molecule has 152 valence electrons. The fourth-order valence-electron chi connectivity index (χ4n) is 3.04. The first-order valence-electron chi connectivity index (χ1n) is 9.39. The lowest BCUT2D eigenvalue weighted by Gasteiger charge is -2.18. The van der Waals surface area contributed by atoms with E-state index >= 15 is 0 Å². The molecule has 6 heteroatoms. The van der Waals surface area contributed by atoms with Gasteiger partial charge in [-0.1, -0.05) is 56.1 Å². The maximum Gasteiger partial charge on any atom is 0.363 e. The minimum atomic E-state index is -0.524. The van der Waals surface area contributed by atoms with Crippen molar-refractivity contribution in [1.82, 2.24) is 0 Å². The van der Waals surface area contributed by atoms with Crippen LogP contribution >= 0.6 is 23.2 Å². The van der Waals surface area contributed by atoms with E-state index in [1.165, 1.54) is 5.56 Å². The molecule has 4 nitrogen and oxygen atoms in total. The number of nitrogens with zero attached hydrogens (tertiary/aromatic N) is 1. The molecule has 0 amide bonds. The molecule has 2 heterocycles. The second-order valence-electron chi connectivity index (χ2n) is 7.99. The van der Waals surface area contributed by atoms with Crippen molar-refractivity contribution in [3.8, 4) is 11.3 Å². The lowest BCUT2D eigenvalue weighted by Crippen LogP contribution is -2.11. The molecule has 0 unspecified atom stereocenters. The van der Waals surface area contributed by atoms with Gasteiger partial charge in [0.25, 0.3) is 0 Å². The van der Waals surface area contributed by atoms with Gasteiger partial charge in [-0.25, -0.2) is 9.79 Å². The third kappa shape index (κ3) is 4.20. The van der Waals surface area contributed by atoms with E-state index in [0.29, 0.717) is 27.1 Å². The summed E-state index contributed by atoms with van der Waals surface area (Å²) >= 11 is 12.3. The van der Waals surface area contributed by atoms with Crippen LogP contribution in [0, 0.1) is 0 Å². The smallest absolute Gasteiger partial charge is 0.363 e. The predicted octanol–water partition coefficient (Wildman–Crippen LogP) is 6.90. The van der Waals surface area contributed by atoms with E-state index in [-0.39, 0.29) is 17.0 Å². The molecule has 2 aromatic carbocycles. The van der Waals surface area contributed by atoms with Crippen molar-refractivity contribution >= 4 is 41.1 Å². The number of hydrogen-bond acceptors (Lipinski definition) is 4. The summed E-state index contributed by atoms with van der Waals surface area (Å²) in [5, 5.41) is 1.07. The number of aliphatic imine (C=N–C) groups is 1. The highest BCUT2D eigenvalue weighted by Crippen LogP contribution is 2.32. The van der Waals surface area contributed by atoms with Crippen LogP contribution in [0.4, 0.5) is 0 Å². The van der Waals surface area contributed by atoms with Gasteiger partial charge in [0.05, 0.1) is 5.02 Å². The van der Waals surface area contributed by atoms with E-state index in [1.54, 1.807) is 36.4 Å². The van der Waals surface area contributed by atoms with Gasteiger partial charge in [-0.2, -0.15) is 0 Å². The third-order valence-electron chi connectivity index (χ3n) is 4.72. The summed E-state index contributed by atoms with van der Waals surface area (Å²) in [5.41, 5.74) is 2.81. The molecule has 0 fully saturated rings. The maximum absolute atomic E-state index is 12.3. The number of rotatable bonds is 3. The Morgan fingerprint density at radius 2 is 1.70 bits per heavy atom. The number of halogens is 2. The molecular weight excluding hydrogens is 421 g/mol. The molecule has 0 bridgehead atoms. The Balaban J connectivity index is 1.60.